The molecule has 0 spiro atoms. The maximum Gasteiger partial charge on any atom is 0.306 e. The van der Waals surface area contributed by atoms with E-state index in [1.165, 1.54) is 12.1 Å². The average molecular weight is 371 g/mol. The third-order valence-corrected chi connectivity index (χ3v) is 4.18. The second kappa shape index (κ2) is 9.31. The molecule has 0 N–H and O–H groups in total. The molecule has 0 atom stereocenters. The standard InChI is InChI=1S/C22H26FNO3/c1-22(2,3)24(15-18-7-5-4-6-8-18)20(25)16-27-21(26)14-11-17-9-12-19(23)13-10-17/h4-10,12-13H,11,14-16H2,1-3H3. The van der Waals surface area contributed by atoms with Gasteiger partial charge in [0, 0.05) is 18.5 Å². The molecule has 0 radical (unpaired) electrons. The van der Waals surface area contributed by atoms with Crippen molar-refractivity contribution in [3.05, 3.63) is 71.5 Å². The van der Waals surface area contributed by atoms with Crippen LogP contribution in [0.4, 0.5) is 4.39 Å². The van der Waals surface area contributed by atoms with Gasteiger partial charge in [0.05, 0.1) is 0 Å². The van der Waals surface area contributed by atoms with Gasteiger partial charge in [0.1, 0.15) is 5.82 Å². The lowest BCUT2D eigenvalue weighted by Gasteiger charge is -2.35. The lowest BCUT2D eigenvalue weighted by Crippen LogP contribution is -2.46. The van der Waals surface area contributed by atoms with Crippen LogP contribution in [0, 0.1) is 5.82 Å². The first-order valence-electron chi connectivity index (χ1n) is 9.00. The lowest BCUT2D eigenvalue weighted by molar-refractivity contribution is -0.154. The van der Waals surface area contributed by atoms with Gasteiger partial charge in [0.15, 0.2) is 6.61 Å². The zero-order chi connectivity index (χ0) is 19.9. The summed E-state index contributed by atoms with van der Waals surface area (Å²) in [6.07, 6.45) is 0.591. The molecule has 144 valence electrons. The summed E-state index contributed by atoms with van der Waals surface area (Å²) in [5.74, 6) is -0.990. The van der Waals surface area contributed by atoms with Crippen LogP contribution in [0.2, 0.25) is 0 Å². The molecule has 0 saturated carbocycles. The van der Waals surface area contributed by atoms with E-state index in [0.29, 0.717) is 13.0 Å². The smallest absolute Gasteiger partial charge is 0.306 e. The van der Waals surface area contributed by atoms with E-state index in [9.17, 15) is 14.0 Å². The average Bonchev–Trinajstić information content (AvgIpc) is 2.63. The molecule has 0 aliphatic carbocycles. The van der Waals surface area contributed by atoms with Gasteiger partial charge in [-0.1, -0.05) is 42.5 Å². The number of nitrogens with zero attached hydrogens (tertiary/aromatic N) is 1. The highest BCUT2D eigenvalue weighted by atomic mass is 19.1. The second-order valence-electron chi connectivity index (χ2n) is 7.42. The topological polar surface area (TPSA) is 46.6 Å². The van der Waals surface area contributed by atoms with Crippen molar-refractivity contribution in [1.29, 1.82) is 0 Å². The summed E-state index contributed by atoms with van der Waals surface area (Å²) in [4.78, 5) is 26.3. The van der Waals surface area contributed by atoms with Gasteiger partial charge in [-0.3, -0.25) is 9.59 Å². The maximum atomic E-state index is 12.9. The van der Waals surface area contributed by atoms with Crippen LogP contribution < -0.4 is 0 Å². The second-order valence-corrected chi connectivity index (χ2v) is 7.42. The minimum atomic E-state index is -0.443. The first kappa shape index (κ1) is 20.6. The molecular formula is C22H26FNO3. The largest absolute Gasteiger partial charge is 0.456 e. The number of halogens is 1. The molecule has 0 fully saturated rings. The van der Waals surface area contributed by atoms with Crippen LogP contribution in [0.15, 0.2) is 54.6 Å². The summed E-state index contributed by atoms with van der Waals surface area (Å²) in [5, 5.41) is 0. The van der Waals surface area contributed by atoms with Crippen molar-refractivity contribution in [2.24, 2.45) is 0 Å². The summed E-state index contributed by atoms with van der Waals surface area (Å²) in [6, 6.07) is 15.7. The minimum absolute atomic E-state index is 0.146. The molecule has 1 amide bonds. The van der Waals surface area contributed by atoms with Crippen LogP contribution in [0.1, 0.15) is 38.3 Å². The molecule has 0 unspecified atom stereocenters. The molecule has 0 aliphatic heterocycles. The number of amides is 1. The molecule has 0 heterocycles. The Hall–Kier alpha value is -2.69. The van der Waals surface area contributed by atoms with Crippen LogP contribution in [-0.2, 0) is 27.3 Å². The third-order valence-electron chi connectivity index (χ3n) is 4.18. The predicted molar refractivity (Wildman–Crippen MR) is 102 cm³/mol. The van der Waals surface area contributed by atoms with Crippen LogP contribution >= 0.6 is 0 Å². The molecule has 2 aromatic carbocycles. The molecule has 0 saturated heterocycles. The number of esters is 1. The molecule has 4 nitrogen and oxygen atoms in total. The summed E-state index contributed by atoms with van der Waals surface area (Å²) in [5.41, 5.74) is 1.47. The Kier molecular flexibility index (Phi) is 7.11. The number of hydrogen-bond acceptors (Lipinski definition) is 3. The predicted octanol–water partition coefficient (Wildman–Crippen LogP) is 4.13. The third kappa shape index (κ3) is 6.85. The first-order valence-corrected chi connectivity index (χ1v) is 9.00. The van der Waals surface area contributed by atoms with E-state index in [4.69, 9.17) is 4.74 Å². The number of ether oxygens (including phenoxy) is 1. The molecule has 2 rings (SSSR count). The fraction of sp³-hybridized carbons (Fsp3) is 0.364. The highest BCUT2D eigenvalue weighted by Crippen LogP contribution is 2.18. The van der Waals surface area contributed by atoms with Crippen LogP contribution in [0.5, 0.6) is 0 Å². The maximum absolute atomic E-state index is 12.9. The van der Waals surface area contributed by atoms with Gasteiger partial charge < -0.3 is 9.64 Å². The number of rotatable bonds is 7. The van der Waals surface area contributed by atoms with Gasteiger partial charge in [-0.15, -0.1) is 0 Å². The molecular weight excluding hydrogens is 345 g/mol. The van der Waals surface area contributed by atoms with Crippen LogP contribution in [0.25, 0.3) is 0 Å². The van der Waals surface area contributed by atoms with Crippen molar-refractivity contribution in [3.8, 4) is 0 Å². The first-order chi connectivity index (χ1) is 12.8. The van der Waals surface area contributed by atoms with Crippen LogP contribution in [0.3, 0.4) is 0 Å². The Morgan fingerprint density at radius 1 is 0.963 bits per heavy atom. The van der Waals surface area contributed by atoms with Gasteiger partial charge >= 0.3 is 5.97 Å². The van der Waals surface area contributed by atoms with Crippen molar-refractivity contribution >= 4 is 11.9 Å². The van der Waals surface area contributed by atoms with Gasteiger partial charge in [-0.2, -0.15) is 0 Å². The number of benzene rings is 2. The van der Waals surface area contributed by atoms with E-state index in [-0.39, 0.29) is 24.8 Å². The van der Waals surface area contributed by atoms with E-state index < -0.39 is 11.5 Å². The van der Waals surface area contributed by atoms with E-state index >= 15 is 0 Å². The zero-order valence-corrected chi connectivity index (χ0v) is 16.1. The van der Waals surface area contributed by atoms with Crippen molar-refractivity contribution in [1.82, 2.24) is 4.90 Å². The van der Waals surface area contributed by atoms with E-state index in [0.717, 1.165) is 11.1 Å². The van der Waals surface area contributed by atoms with Gasteiger partial charge in [0.25, 0.3) is 5.91 Å². The lowest BCUT2D eigenvalue weighted by atomic mass is 10.0. The Morgan fingerprint density at radius 3 is 2.19 bits per heavy atom. The zero-order valence-electron chi connectivity index (χ0n) is 16.1. The summed E-state index contributed by atoms with van der Waals surface area (Å²) in [7, 11) is 0. The van der Waals surface area contributed by atoms with E-state index in [1.54, 1.807) is 17.0 Å². The Bertz CT molecular complexity index is 751. The number of aryl methyl sites for hydroxylation is 1. The molecule has 27 heavy (non-hydrogen) atoms. The molecule has 2 aromatic rings. The van der Waals surface area contributed by atoms with E-state index in [1.807, 2.05) is 51.1 Å². The molecule has 0 aliphatic rings. The van der Waals surface area contributed by atoms with Crippen molar-refractivity contribution in [2.75, 3.05) is 6.61 Å². The fourth-order valence-electron chi connectivity index (χ4n) is 2.66. The van der Waals surface area contributed by atoms with Crippen molar-refractivity contribution in [3.63, 3.8) is 0 Å². The van der Waals surface area contributed by atoms with Gasteiger partial charge in [0.2, 0.25) is 0 Å². The quantitative estimate of drug-likeness (QED) is 0.688. The van der Waals surface area contributed by atoms with Gasteiger partial charge in [-0.25, -0.2) is 4.39 Å². The SMILES string of the molecule is CC(C)(C)N(Cc1ccccc1)C(=O)COC(=O)CCc1ccc(F)cc1. The number of carbonyl (C=O) groups is 2. The van der Waals surface area contributed by atoms with Gasteiger partial charge in [-0.05, 0) is 50.5 Å². The minimum Gasteiger partial charge on any atom is -0.456 e. The van der Waals surface area contributed by atoms with Crippen LogP contribution in [-0.4, -0.2) is 28.9 Å². The van der Waals surface area contributed by atoms with E-state index in [2.05, 4.69) is 0 Å². The highest BCUT2D eigenvalue weighted by Gasteiger charge is 2.27. The molecule has 0 bridgehead atoms. The Labute approximate surface area is 159 Å². The summed E-state index contributed by atoms with van der Waals surface area (Å²) >= 11 is 0. The summed E-state index contributed by atoms with van der Waals surface area (Å²) < 4.78 is 18.0. The Balaban J connectivity index is 1.87. The molecule has 0 aromatic heterocycles. The molecule has 5 heteroatoms. The fourth-order valence-corrected chi connectivity index (χ4v) is 2.66. The van der Waals surface area contributed by atoms with Crippen molar-refractivity contribution in [2.45, 2.75) is 45.7 Å². The number of hydrogen-bond donors (Lipinski definition) is 0. The number of carbonyl (C=O) groups excluding carboxylic acids is 2. The summed E-state index contributed by atoms with van der Waals surface area (Å²) in [6.45, 7) is 6.02. The normalized spacial score (nSPS) is 11.1. The monoisotopic (exact) mass is 371 g/mol. The van der Waals surface area contributed by atoms with Crippen molar-refractivity contribution < 1.29 is 18.7 Å². The highest BCUT2D eigenvalue weighted by molar-refractivity contribution is 5.81. The Morgan fingerprint density at radius 2 is 1.59 bits per heavy atom.